The van der Waals surface area contributed by atoms with Crippen molar-refractivity contribution >= 4 is 18.3 Å². The maximum absolute atomic E-state index is 12.4. The third-order valence-electron chi connectivity index (χ3n) is 4.12. The fourth-order valence-electron chi connectivity index (χ4n) is 2.93. The van der Waals surface area contributed by atoms with E-state index in [-0.39, 0.29) is 30.2 Å². The van der Waals surface area contributed by atoms with Crippen molar-refractivity contribution in [3.8, 4) is 5.75 Å². The van der Waals surface area contributed by atoms with Gasteiger partial charge in [-0.1, -0.05) is 18.2 Å². The summed E-state index contributed by atoms with van der Waals surface area (Å²) >= 11 is 0. The number of benzene rings is 1. The molecule has 1 aliphatic rings. The molecular formula is C17H23ClN4O2. The number of aryl methyl sites for hydroxylation is 1. The van der Waals surface area contributed by atoms with Crippen molar-refractivity contribution in [1.82, 2.24) is 20.4 Å². The molecule has 2 heterocycles. The Hall–Kier alpha value is -2.05. The number of amides is 1. The minimum absolute atomic E-state index is 0. The molecule has 1 aromatic heterocycles. The van der Waals surface area contributed by atoms with Gasteiger partial charge in [-0.05, 0) is 17.7 Å². The molecular weight excluding hydrogens is 328 g/mol. The highest BCUT2D eigenvalue weighted by Crippen LogP contribution is 2.27. The van der Waals surface area contributed by atoms with Gasteiger partial charge in [0.25, 0.3) is 0 Å². The lowest BCUT2D eigenvalue weighted by Gasteiger charge is -2.17. The van der Waals surface area contributed by atoms with Gasteiger partial charge in [-0.25, -0.2) is 0 Å². The van der Waals surface area contributed by atoms with Gasteiger partial charge in [0.05, 0.1) is 18.7 Å². The summed E-state index contributed by atoms with van der Waals surface area (Å²) in [4.78, 5) is 12.4. The maximum Gasteiger partial charge on any atom is 0.225 e. The molecule has 0 bridgehead atoms. The highest BCUT2D eigenvalue weighted by Gasteiger charge is 2.34. The number of rotatable bonds is 6. The molecule has 0 spiro atoms. The first kappa shape index (κ1) is 18.3. The fraction of sp³-hybridized carbons (Fsp3) is 0.412. The minimum atomic E-state index is -0.0593. The summed E-state index contributed by atoms with van der Waals surface area (Å²) in [6.07, 6.45) is 3.83. The molecule has 0 radical (unpaired) electrons. The zero-order chi connectivity index (χ0) is 16.1. The number of halogens is 1. The fourth-order valence-corrected chi connectivity index (χ4v) is 2.93. The number of carbonyl (C=O) groups is 1. The molecule has 0 aliphatic carbocycles. The lowest BCUT2D eigenvalue weighted by atomic mass is 9.90. The largest absolute Gasteiger partial charge is 0.492 e. The summed E-state index contributed by atoms with van der Waals surface area (Å²) in [5.74, 6) is 1.01. The normalized spacial score (nSPS) is 19.5. The van der Waals surface area contributed by atoms with Crippen LogP contribution >= 0.6 is 12.4 Å². The van der Waals surface area contributed by atoms with Crippen LogP contribution in [-0.4, -0.2) is 41.9 Å². The molecule has 1 aliphatic heterocycles. The summed E-state index contributed by atoms with van der Waals surface area (Å²) in [5, 5.41) is 10.5. The Bertz CT molecular complexity index is 647. The summed E-state index contributed by atoms with van der Waals surface area (Å²) in [6, 6.07) is 9.61. The Morgan fingerprint density at radius 2 is 2.17 bits per heavy atom. The average molecular weight is 351 g/mol. The first-order valence-corrected chi connectivity index (χ1v) is 7.89. The monoisotopic (exact) mass is 350 g/mol. The van der Waals surface area contributed by atoms with Crippen LogP contribution < -0.4 is 15.4 Å². The Kier molecular flexibility index (Phi) is 6.63. The second-order valence-corrected chi connectivity index (χ2v) is 5.77. The molecule has 3 rings (SSSR count). The Labute approximate surface area is 148 Å². The molecule has 1 aromatic carbocycles. The predicted molar refractivity (Wildman–Crippen MR) is 94.5 cm³/mol. The second kappa shape index (κ2) is 8.70. The lowest BCUT2D eigenvalue weighted by molar-refractivity contribution is -0.124. The Morgan fingerprint density at radius 1 is 1.38 bits per heavy atom. The molecule has 7 heteroatoms. The number of hydrogen-bond acceptors (Lipinski definition) is 4. The van der Waals surface area contributed by atoms with Crippen LogP contribution in [0.25, 0.3) is 0 Å². The average Bonchev–Trinajstić information content (AvgIpc) is 3.21. The van der Waals surface area contributed by atoms with Gasteiger partial charge in [0.2, 0.25) is 5.91 Å². The third-order valence-corrected chi connectivity index (χ3v) is 4.12. The van der Waals surface area contributed by atoms with E-state index in [1.165, 1.54) is 0 Å². The minimum Gasteiger partial charge on any atom is -0.492 e. The van der Waals surface area contributed by atoms with E-state index in [4.69, 9.17) is 4.74 Å². The van der Waals surface area contributed by atoms with E-state index in [1.807, 2.05) is 49.8 Å². The summed E-state index contributed by atoms with van der Waals surface area (Å²) < 4.78 is 7.36. The van der Waals surface area contributed by atoms with Crippen LogP contribution in [0.1, 0.15) is 11.5 Å². The van der Waals surface area contributed by atoms with Crippen molar-refractivity contribution in [1.29, 1.82) is 0 Å². The van der Waals surface area contributed by atoms with Gasteiger partial charge in [0.1, 0.15) is 12.4 Å². The van der Waals surface area contributed by atoms with Gasteiger partial charge >= 0.3 is 0 Å². The van der Waals surface area contributed by atoms with Crippen molar-refractivity contribution in [3.05, 3.63) is 48.3 Å². The molecule has 2 N–H and O–H groups in total. The van der Waals surface area contributed by atoms with E-state index in [0.29, 0.717) is 19.7 Å². The van der Waals surface area contributed by atoms with Crippen molar-refractivity contribution < 1.29 is 9.53 Å². The number of carbonyl (C=O) groups excluding carboxylic acids is 1. The second-order valence-electron chi connectivity index (χ2n) is 5.77. The van der Waals surface area contributed by atoms with Crippen LogP contribution in [0.2, 0.25) is 0 Å². The van der Waals surface area contributed by atoms with Crippen molar-refractivity contribution in [2.75, 3.05) is 26.2 Å². The van der Waals surface area contributed by atoms with Crippen LogP contribution in [0.4, 0.5) is 0 Å². The molecule has 6 nitrogen and oxygen atoms in total. The zero-order valence-corrected chi connectivity index (χ0v) is 14.5. The number of nitrogens with one attached hydrogen (secondary N) is 2. The molecule has 1 saturated heterocycles. The van der Waals surface area contributed by atoms with Gasteiger partial charge in [-0.15, -0.1) is 12.4 Å². The Morgan fingerprint density at radius 3 is 2.88 bits per heavy atom. The standard InChI is InChI=1S/C17H22N4O2.ClH/c1-21-12-13(9-20-21)15-10-18-11-16(15)17(22)19-7-8-23-14-5-3-2-4-6-14;/h2-6,9,12,15-16,18H,7-8,10-11H2,1H3,(H,19,22);1H/t15-,16+;/m1./s1. The summed E-state index contributed by atoms with van der Waals surface area (Å²) in [6.45, 7) is 2.48. The van der Waals surface area contributed by atoms with Crippen LogP contribution in [0.5, 0.6) is 5.75 Å². The highest BCUT2D eigenvalue weighted by atomic mass is 35.5. The van der Waals surface area contributed by atoms with E-state index in [1.54, 1.807) is 4.68 Å². The quantitative estimate of drug-likeness (QED) is 0.771. The third kappa shape index (κ3) is 4.49. The molecule has 0 unspecified atom stereocenters. The van der Waals surface area contributed by atoms with Crippen LogP contribution in [-0.2, 0) is 11.8 Å². The van der Waals surface area contributed by atoms with E-state index in [2.05, 4.69) is 15.7 Å². The maximum atomic E-state index is 12.4. The zero-order valence-electron chi connectivity index (χ0n) is 13.6. The number of aromatic nitrogens is 2. The van der Waals surface area contributed by atoms with Crippen molar-refractivity contribution in [2.45, 2.75) is 5.92 Å². The summed E-state index contributed by atoms with van der Waals surface area (Å²) in [5.41, 5.74) is 1.11. The number of ether oxygens (including phenoxy) is 1. The van der Waals surface area contributed by atoms with Crippen LogP contribution in [0.15, 0.2) is 42.7 Å². The van der Waals surface area contributed by atoms with Gasteiger partial charge in [0, 0.05) is 32.3 Å². The first-order valence-electron chi connectivity index (χ1n) is 7.89. The SMILES string of the molecule is Cl.Cn1cc([C@H]2CNC[C@@H]2C(=O)NCCOc2ccccc2)cn1. The van der Waals surface area contributed by atoms with Crippen LogP contribution in [0, 0.1) is 5.92 Å². The highest BCUT2D eigenvalue weighted by molar-refractivity contribution is 5.85. The first-order chi connectivity index (χ1) is 11.2. The van der Waals surface area contributed by atoms with E-state index < -0.39 is 0 Å². The van der Waals surface area contributed by atoms with E-state index >= 15 is 0 Å². The molecule has 0 saturated carbocycles. The summed E-state index contributed by atoms with van der Waals surface area (Å²) in [7, 11) is 1.89. The molecule has 2 atom stereocenters. The number of para-hydroxylation sites is 1. The van der Waals surface area contributed by atoms with E-state index in [9.17, 15) is 4.79 Å². The molecule has 24 heavy (non-hydrogen) atoms. The molecule has 130 valence electrons. The van der Waals surface area contributed by atoms with Gasteiger partial charge in [0.15, 0.2) is 0 Å². The Balaban J connectivity index is 0.00000208. The predicted octanol–water partition coefficient (Wildman–Crippen LogP) is 1.34. The molecule has 1 fully saturated rings. The van der Waals surface area contributed by atoms with Gasteiger partial charge in [-0.3, -0.25) is 9.48 Å². The lowest BCUT2D eigenvalue weighted by Crippen LogP contribution is -2.36. The van der Waals surface area contributed by atoms with Crippen LogP contribution in [0.3, 0.4) is 0 Å². The number of nitrogens with zero attached hydrogens (tertiary/aromatic N) is 2. The molecule has 1 amide bonds. The van der Waals surface area contributed by atoms with Gasteiger partial charge < -0.3 is 15.4 Å². The van der Waals surface area contributed by atoms with Crippen molar-refractivity contribution in [2.24, 2.45) is 13.0 Å². The smallest absolute Gasteiger partial charge is 0.225 e. The topological polar surface area (TPSA) is 68.2 Å². The van der Waals surface area contributed by atoms with Crippen molar-refractivity contribution in [3.63, 3.8) is 0 Å². The number of hydrogen-bond donors (Lipinski definition) is 2. The van der Waals surface area contributed by atoms with E-state index in [0.717, 1.165) is 17.9 Å². The van der Waals surface area contributed by atoms with Gasteiger partial charge in [-0.2, -0.15) is 5.10 Å². The molecule has 2 aromatic rings.